The van der Waals surface area contributed by atoms with Crippen LogP contribution in [0.1, 0.15) is 86.5 Å². The van der Waals surface area contributed by atoms with Gasteiger partial charge in [-0.1, -0.05) is 46.3 Å². The number of aliphatic hydroxyl groups is 1. The molecule has 0 aromatic heterocycles. The van der Waals surface area contributed by atoms with Crippen molar-refractivity contribution in [3.63, 3.8) is 0 Å². The molecule has 4 saturated carbocycles. The lowest BCUT2D eigenvalue weighted by Gasteiger charge is -2.45. The van der Waals surface area contributed by atoms with Crippen LogP contribution in [-0.4, -0.2) is 51.4 Å². The van der Waals surface area contributed by atoms with Crippen molar-refractivity contribution in [1.29, 1.82) is 0 Å². The minimum Gasteiger partial charge on any atom is -0.460 e. The van der Waals surface area contributed by atoms with Crippen LogP contribution in [0.2, 0.25) is 18.1 Å². The minimum atomic E-state index is -1.75. The number of rotatable bonds is 8. The quantitative estimate of drug-likeness (QED) is 0.225. The summed E-state index contributed by atoms with van der Waals surface area (Å²) in [6, 6.07) is 0. The van der Waals surface area contributed by atoms with Gasteiger partial charge in [-0.25, -0.2) is 0 Å². The highest BCUT2D eigenvalue weighted by molar-refractivity contribution is 6.74. The molecule has 6 heteroatoms. The van der Waals surface area contributed by atoms with E-state index in [2.05, 4.69) is 53.8 Å². The summed E-state index contributed by atoms with van der Waals surface area (Å²) in [7, 11) is 0.0241. The monoisotopic (exact) mass is 520 g/mol. The Hall–Kier alpha value is -0.693. The average Bonchev–Trinajstić information content (AvgIpc) is 3.28. The Kier molecular flexibility index (Phi) is 7.71. The summed E-state index contributed by atoms with van der Waals surface area (Å²) in [5, 5.41) is 11.4. The molecule has 0 saturated heterocycles. The largest absolute Gasteiger partial charge is 0.460 e. The Labute approximate surface area is 220 Å². The van der Waals surface area contributed by atoms with Gasteiger partial charge in [-0.15, -0.1) is 0 Å². The molecule has 206 valence electrons. The molecular weight excluding hydrogens is 468 g/mol. The zero-order valence-electron chi connectivity index (χ0n) is 24.4. The highest BCUT2D eigenvalue weighted by Gasteiger charge is 2.70. The molecular formula is C30H52O5Si. The van der Waals surface area contributed by atoms with E-state index in [0.29, 0.717) is 29.1 Å². The third-order valence-electron chi connectivity index (χ3n) is 11.3. The molecule has 0 radical (unpaired) electrons. The number of esters is 1. The lowest BCUT2D eigenvalue weighted by Crippen LogP contribution is -2.44. The van der Waals surface area contributed by atoms with E-state index in [1.807, 2.05) is 0 Å². The number of hydrogen-bond donors (Lipinski definition) is 1. The van der Waals surface area contributed by atoms with Gasteiger partial charge in [0.15, 0.2) is 8.32 Å². The second-order valence-corrected chi connectivity index (χ2v) is 19.2. The molecule has 0 heterocycles. The van der Waals surface area contributed by atoms with Crippen LogP contribution >= 0.6 is 0 Å². The van der Waals surface area contributed by atoms with Gasteiger partial charge < -0.3 is 19.0 Å². The maximum absolute atomic E-state index is 11.5. The van der Waals surface area contributed by atoms with Gasteiger partial charge in [0, 0.05) is 26.1 Å². The molecule has 36 heavy (non-hydrogen) atoms. The molecule has 0 aromatic rings. The van der Waals surface area contributed by atoms with Crippen molar-refractivity contribution >= 4 is 14.3 Å². The Morgan fingerprint density at radius 2 is 1.97 bits per heavy atom. The normalized spacial score (nSPS) is 41.1. The number of fused-ring (bicyclic) bond motifs is 2. The molecule has 0 bridgehead atoms. The number of carbonyl (C=O) groups excluding carboxylic acids is 1. The number of carbonyl (C=O) groups is 1. The number of methoxy groups -OCH3 is 1. The molecule has 1 N–H and O–H groups in total. The van der Waals surface area contributed by atoms with Gasteiger partial charge in [-0.05, 0) is 92.2 Å². The number of aliphatic hydroxyl groups excluding tert-OH is 1. The van der Waals surface area contributed by atoms with Crippen molar-refractivity contribution in [2.75, 3.05) is 13.7 Å². The number of ether oxygens (including phenoxy) is 2. The van der Waals surface area contributed by atoms with E-state index in [4.69, 9.17) is 13.9 Å². The van der Waals surface area contributed by atoms with Crippen LogP contribution in [-0.2, 0) is 18.7 Å². The van der Waals surface area contributed by atoms with Crippen LogP contribution in [0.5, 0.6) is 0 Å². The second-order valence-electron chi connectivity index (χ2n) is 14.4. The van der Waals surface area contributed by atoms with Crippen LogP contribution in [0, 0.1) is 34.5 Å². The molecule has 4 rings (SSSR count). The van der Waals surface area contributed by atoms with Gasteiger partial charge in [-0.2, -0.15) is 0 Å². The first-order chi connectivity index (χ1) is 16.7. The molecule has 0 aliphatic heterocycles. The van der Waals surface area contributed by atoms with Gasteiger partial charge in [0.05, 0.1) is 12.2 Å². The average molecular weight is 521 g/mol. The molecule has 4 aliphatic rings. The maximum atomic E-state index is 11.5. The molecule has 0 amide bonds. The van der Waals surface area contributed by atoms with Gasteiger partial charge in [0.1, 0.15) is 6.10 Å². The van der Waals surface area contributed by atoms with E-state index in [9.17, 15) is 9.90 Å². The highest BCUT2D eigenvalue weighted by Crippen LogP contribution is 2.67. The molecule has 4 aliphatic carbocycles. The highest BCUT2D eigenvalue weighted by atomic mass is 28.4. The Bertz CT molecular complexity index is 862. The SMILES string of the molecule is COC(C=C1CCC[C@@]2(C)C1CCC2[C@H](C)CO[Si](C)(C)C(C)(C)C)C12CC1C[C@H](OC(C)=O)C2O. The molecule has 4 fully saturated rings. The third-order valence-corrected chi connectivity index (χ3v) is 15.8. The zero-order valence-corrected chi connectivity index (χ0v) is 25.4. The molecule has 0 aromatic carbocycles. The Morgan fingerprint density at radius 1 is 1.28 bits per heavy atom. The van der Waals surface area contributed by atoms with Gasteiger partial charge in [0.25, 0.3) is 0 Å². The van der Waals surface area contributed by atoms with Crippen LogP contribution in [0.4, 0.5) is 0 Å². The van der Waals surface area contributed by atoms with E-state index >= 15 is 0 Å². The van der Waals surface area contributed by atoms with E-state index in [1.165, 1.54) is 32.6 Å². The summed E-state index contributed by atoms with van der Waals surface area (Å²) < 4.78 is 18.2. The van der Waals surface area contributed by atoms with E-state index in [-0.39, 0.29) is 22.5 Å². The van der Waals surface area contributed by atoms with Crippen LogP contribution in [0.15, 0.2) is 11.6 Å². The van der Waals surface area contributed by atoms with Crippen molar-refractivity contribution in [1.82, 2.24) is 0 Å². The second kappa shape index (κ2) is 9.80. The van der Waals surface area contributed by atoms with Crippen LogP contribution in [0.25, 0.3) is 0 Å². The van der Waals surface area contributed by atoms with Gasteiger partial charge >= 0.3 is 5.97 Å². The first kappa shape index (κ1) is 28.3. The smallest absolute Gasteiger partial charge is 0.302 e. The van der Waals surface area contributed by atoms with Gasteiger partial charge in [0.2, 0.25) is 0 Å². The summed E-state index contributed by atoms with van der Waals surface area (Å²) in [6.07, 6.45) is 9.08. The maximum Gasteiger partial charge on any atom is 0.302 e. The summed E-state index contributed by atoms with van der Waals surface area (Å²) >= 11 is 0. The lowest BCUT2D eigenvalue weighted by atomic mass is 9.61. The minimum absolute atomic E-state index is 0.117. The first-order valence-corrected chi connectivity index (χ1v) is 17.3. The van der Waals surface area contributed by atoms with E-state index in [0.717, 1.165) is 25.9 Å². The summed E-state index contributed by atoms with van der Waals surface area (Å²) in [5.74, 6) is 1.88. The fourth-order valence-electron chi connectivity index (χ4n) is 8.15. The molecule has 9 atom stereocenters. The van der Waals surface area contributed by atoms with Crippen molar-refractivity contribution < 1.29 is 23.8 Å². The van der Waals surface area contributed by atoms with E-state index < -0.39 is 20.5 Å². The van der Waals surface area contributed by atoms with Crippen molar-refractivity contribution in [3.8, 4) is 0 Å². The lowest BCUT2D eigenvalue weighted by molar-refractivity contribution is -0.154. The van der Waals surface area contributed by atoms with Crippen molar-refractivity contribution in [2.45, 2.75) is 123 Å². The molecule has 6 unspecified atom stereocenters. The number of hydrogen-bond acceptors (Lipinski definition) is 5. The fraction of sp³-hybridized carbons (Fsp3) is 0.900. The summed E-state index contributed by atoms with van der Waals surface area (Å²) in [5.41, 5.74) is 1.55. The summed E-state index contributed by atoms with van der Waals surface area (Å²) in [6.45, 7) is 18.9. The predicted molar refractivity (Wildman–Crippen MR) is 146 cm³/mol. The molecule has 0 spiro atoms. The zero-order chi connectivity index (χ0) is 26.7. The first-order valence-electron chi connectivity index (χ1n) is 14.4. The van der Waals surface area contributed by atoms with Crippen LogP contribution in [0.3, 0.4) is 0 Å². The number of allylic oxidation sites excluding steroid dienone is 1. The standard InChI is InChI=1S/C30H52O5Si/c1-19(18-34-36(8,9)28(3,4)5)23-12-13-24-21(11-10-14-29(23,24)6)15-26(33-7)30-17-22(30)16-25(27(30)32)35-20(2)31/h15,19,22-27,32H,10-14,16-18H2,1-9H3/t19-,22?,23?,24?,25+,26?,27?,29-,30?/m1/s1. The third kappa shape index (κ3) is 4.78. The topological polar surface area (TPSA) is 65.0 Å². The predicted octanol–water partition coefficient (Wildman–Crippen LogP) is 6.50. The Morgan fingerprint density at radius 3 is 2.58 bits per heavy atom. The molecule has 5 nitrogen and oxygen atoms in total. The van der Waals surface area contributed by atoms with Crippen molar-refractivity contribution in [2.24, 2.45) is 34.5 Å². The van der Waals surface area contributed by atoms with Crippen molar-refractivity contribution in [3.05, 3.63) is 11.6 Å². The Balaban J connectivity index is 1.48. The van der Waals surface area contributed by atoms with Gasteiger partial charge in [-0.3, -0.25) is 4.79 Å². The fourth-order valence-corrected chi connectivity index (χ4v) is 9.27. The van der Waals surface area contributed by atoms with E-state index in [1.54, 1.807) is 12.7 Å². The van der Waals surface area contributed by atoms with Crippen LogP contribution < -0.4 is 0 Å². The summed E-state index contributed by atoms with van der Waals surface area (Å²) in [4.78, 5) is 11.5.